The van der Waals surface area contributed by atoms with Crippen molar-refractivity contribution < 1.29 is 13.9 Å². The molecular formula is C18H14N2O5. The summed E-state index contributed by atoms with van der Waals surface area (Å²) in [6.45, 7) is 0. The number of nitrogens with zero attached hydrogens (tertiary/aromatic N) is 1. The molecule has 0 aliphatic carbocycles. The first kappa shape index (κ1) is 15.1. The Hall–Kier alpha value is -3.48. The van der Waals surface area contributed by atoms with Crippen LogP contribution in [0.1, 0.15) is 0 Å². The van der Waals surface area contributed by atoms with E-state index in [2.05, 4.69) is 4.98 Å². The fraction of sp³-hybridized carbons (Fsp3) is 0.111. The van der Waals surface area contributed by atoms with Gasteiger partial charge in [0.15, 0.2) is 22.4 Å². The predicted molar refractivity (Wildman–Crippen MR) is 90.8 cm³/mol. The maximum atomic E-state index is 12.7. The molecule has 0 unspecified atom stereocenters. The molecule has 0 saturated heterocycles. The van der Waals surface area contributed by atoms with Gasteiger partial charge in [-0.25, -0.2) is 4.57 Å². The number of rotatable bonds is 3. The molecule has 0 bridgehead atoms. The fourth-order valence-electron chi connectivity index (χ4n) is 2.82. The zero-order chi connectivity index (χ0) is 17.6. The Labute approximate surface area is 140 Å². The lowest BCUT2D eigenvalue weighted by molar-refractivity contribution is 0.355. The van der Waals surface area contributed by atoms with E-state index in [0.717, 1.165) is 4.57 Å². The molecule has 126 valence electrons. The zero-order valence-electron chi connectivity index (χ0n) is 13.5. The van der Waals surface area contributed by atoms with Crippen molar-refractivity contribution in [2.75, 3.05) is 14.2 Å². The molecule has 0 amide bonds. The quantitative estimate of drug-likeness (QED) is 0.617. The lowest BCUT2D eigenvalue weighted by Gasteiger charge is -2.09. The number of methoxy groups -OCH3 is 2. The normalized spacial score (nSPS) is 11.1. The van der Waals surface area contributed by atoms with Gasteiger partial charge in [0, 0.05) is 6.07 Å². The van der Waals surface area contributed by atoms with Crippen LogP contribution in [0.4, 0.5) is 0 Å². The molecule has 25 heavy (non-hydrogen) atoms. The van der Waals surface area contributed by atoms with E-state index < -0.39 is 11.1 Å². The lowest BCUT2D eigenvalue weighted by atomic mass is 10.2. The van der Waals surface area contributed by atoms with Gasteiger partial charge in [-0.15, -0.1) is 0 Å². The minimum Gasteiger partial charge on any atom is -0.493 e. The van der Waals surface area contributed by atoms with Crippen molar-refractivity contribution >= 4 is 11.1 Å². The molecule has 7 heteroatoms. The van der Waals surface area contributed by atoms with Crippen LogP contribution in [0.5, 0.6) is 11.5 Å². The van der Waals surface area contributed by atoms with Gasteiger partial charge >= 0.3 is 5.56 Å². The van der Waals surface area contributed by atoms with Crippen LogP contribution < -0.4 is 20.6 Å². The van der Waals surface area contributed by atoms with Gasteiger partial charge in [-0.1, -0.05) is 12.1 Å². The highest BCUT2D eigenvalue weighted by Gasteiger charge is 2.16. The number of H-pyrrole nitrogens is 1. The van der Waals surface area contributed by atoms with Crippen molar-refractivity contribution in [3.8, 4) is 17.2 Å². The van der Waals surface area contributed by atoms with Gasteiger partial charge in [0.25, 0.3) is 5.56 Å². The highest BCUT2D eigenvalue weighted by molar-refractivity contribution is 5.71. The van der Waals surface area contributed by atoms with Gasteiger partial charge in [0.2, 0.25) is 5.42 Å². The molecular weight excluding hydrogens is 324 g/mol. The van der Waals surface area contributed by atoms with E-state index in [1.165, 1.54) is 14.2 Å². The average molecular weight is 338 g/mol. The van der Waals surface area contributed by atoms with Gasteiger partial charge < -0.3 is 18.9 Å². The van der Waals surface area contributed by atoms with Gasteiger partial charge in [-0.3, -0.25) is 9.59 Å². The molecule has 2 aliphatic rings. The third kappa shape index (κ3) is 2.20. The second-order valence-corrected chi connectivity index (χ2v) is 5.41. The maximum Gasteiger partial charge on any atom is 0.303 e. The number of ether oxygens (including phenoxy) is 2. The van der Waals surface area contributed by atoms with Crippen molar-refractivity contribution in [2.24, 2.45) is 0 Å². The minimum absolute atomic E-state index is 0.0153. The van der Waals surface area contributed by atoms with Crippen molar-refractivity contribution in [3.63, 3.8) is 0 Å². The van der Waals surface area contributed by atoms with E-state index in [9.17, 15) is 9.59 Å². The smallest absolute Gasteiger partial charge is 0.303 e. The number of hydrogen-bond donors (Lipinski definition) is 1. The Balaban J connectivity index is 2.05. The third-order valence-electron chi connectivity index (χ3n) is 4.03. The Morgan fingerprint density at radius 3 is 2.48 bits per heavy atom. The van der Waals surface area contributed by atoms with Crippen LogP contribution in [-0.4, -0.2) is 23.8 Å². The topological polar surface area (TPSA) is 86.5 Å². The number of nitrogens with one attached hydrogen (secondary N) is 1. The number of fused-ring (bicyclic) bond motifs is 1. The zero-order valence-corrected chi connectivity index (χ0v) is 13.5. The van der Waals surface area contributed by atoms with Gasteiger partial charge in [0.1, 0.15) is 0 Å². The molecule has 0 atom stereocenters. The van der Waals surface area contributed by atoms with Crippen LogP contribution in [0.15, 0.2) is 56.5 Å². The highest BCUT2D eigenvalue weighted by Crippen LogP contribution is 2.28. The molecule has 0 fully saturated rings. The van der Waals surface area contributed by atoms with Crippen LogP contribution in [0.2, 0.25) is 0 Å². The van der Waals surface area contributed by atoms with Crippen LogP contribution in [0.3, 0.4) is 0 Å². The van der Waals surface area contributed by atoms with Crippen LogP contribution >= 0.6 is 0 Å². The standard InChI is InChI=1S/C18H14N2O5/c1-23-13-8-7-10(9-14(13)24-2)20-17(21)15-16(18(20)22)25-12-6-4-3-5-11(12)19-15/h3-9,19H,1-2H3. The number of aromatic amines is 1. The number of hydrogen-bond acceptors (Lipinski definition) is 5. The summed E-state index contributed by atoms with van der Waals surface area (Å²) in [6, 6.07) is 11.9. The largest absolute Gasteiger partial charge is 0.493 e. The van der Waals surface area contributed by atoms with Crippen molar-refractivity contribution in [3.05, 3.63) is 73.9 Å². The summed E-state index contributed by atoms with van der Waals surface area (Å²) in [6.07, 6.45) is 0. The molecule has 0 aromatic heterocycles. The second-order valence-electron chi connectivity index (χ2n) is 5.41. The number of benzene rings is 2. The first-order valence-corrected chi connectivity index (χ1v) is 7.53. The molecule has 2 aromatic carbocycles. The van der Waals surface area contributed by atoms with Gasteiger partial charge in [-0.2, -0.15) is 0 Å². The van der Waals surface area contributed by atoms with Crippen molar-refractivity contribution in [2.45, 2.75) is 0 Å². The molecule has 0 saturated carbocycles. The molecule has 0 spiro atoms. The number of aromatic nitrogens is 2. The first-order chi connectivity index (χ1) is 12.1. The molecule has 7 nitrogen and oxygen atoms in total. The monoisotopic (exact) mass is 338 g/mol. The molecule has 1 N–H and O–H groups in total. The maximum absolute atomic E-state index is 12.7. The van der Waals surface area contributed by atoms with E-state index in [0.29, 0.717) is 28.3 Å². The van der Waals surface area contributed by atoms with E-state index >= 15 is 0 Å². The van der Waals surface area contributed by atoms with Crippen molar-refractivity contribution in [1.29, 1.82) is 0 Å². The summed E-state index contributed by atoms with van der Waals surface area (Å²) in [4.78, 5) is 28.4. The van der Waals surface area contributed by atoms with Gasteiger partial charge in [0.05, 0.1) is 25.4 Å². The molecule has 2 aromatic rings. The molecule has 2 heterocycles. The average Bonchev–Trinajstić information content (AvgIpc) is 2.89. The number of para-hydroxylation sites is 2. The molecule has 4 rings (SSSR count). The SMILES string of the molecule is COc1ccc(-n2c(=O)c3[nH]c4ccccc4oc=3c2=O)cc1OC. The lowest BCUT2D eigenvalue weighted by Crippen LogP contribution is -2.24. The molecule has 0 radical (unpaired) electrons. The van der Waals surface area contributed by atoms with Crippen LogP contribution in [0, 0.1) is 10.8 Å². The summed E-state index contributed by atoms with van der Waals surface area (Å²) < 4.78 is 17.1. The molecule has 2 aliphatic heterocycles. The Bertz CT molecular complexity index is 1200. The van der Waals surface area contributed by atoms with E-state index in [-0.39, 0.29) is 10.8 Å². The Morgan fingerprint density at radius 2 is 1.72 bits per heavy atom. The summed E-state index contributed by atoms with van der Waals surface area (Å²) in [5.74, 6) is 0.924. The summed E-state index contributed by atoms with van der Waals surface area (Å²) in [7, 11) is 3.00. The van der Waals surface area contributed by atoms with E-state index in [1.54, 1.807) is 36.4 Å². The van der Waals surface area contributed by atoms with Gasteiger partial charge in [-0.05, 0) is 24.3 Å². The van der Waals surface area contributed by atoms with Crippen molar-refractivity contribution in [1.82, 2.24) is 9.55 Å². The second kappa shape index (κ2) is 5.55. The fourth-order valence-corrected chi connectivity index (χ4v) is 2.82. The summed E-state index contributed by atoms with van der Waals surface area (Å²) in [5.41, 5.74) is 0.471. The Morgan fingerprint density at radius 1 is 0.960 bits per heavy atom. The highest BCUT2D eigenvalue weighted by atomic mass is 16.5. The Kier molecular flexibility index (Phi) is 3.35. The summed E-state index contributed by atoms with van der Waals surface area (Å²) >= 11 is 0. The van der Waals surface area contributed by atoms with Crippen LogP contribution in [-0.2, 0) is 0 Å². The van der Waals surface area contributed by atoms with E-state index in [1.807, 2.05) is 6.07 Å². The minimum atomic E-state index is -0.533. The third-order valence-corrected chi connectivity index (χ3v) is 4.03. The first-order valence-electron chi connectivity index (χ1n) is 7.53. The summed E-state index contributed by atoms with van der Waals surface area (Å²) in [5, 5.41) is 0.124. The predicted octanol–water partition coefficient (Wildman–Crippen LogP) is 2.01. The van der Waals surface area contributed by atoms with Crippen LogP contribution in [0.25, 0.3) is 16.8 Å². The van der Waals surface area contributed by atoms with E-state index in [4.69, 9.17) is 13.9 Å².